The molecule has 19 heavy (non-hydrogen) atoms. The van der Waals surface area contributed by atoms with Crippen LogP contribution >= 0.6 is 0 Å². The van der Waals surface area contributed by atoms with E-state index in [1.807, 2.05) is 0 Å². The van der Waals surface area contributed by atoms with E-state index < -0.39 is 0 Å². The van der Waals surface area contributed by atoms with E-state index >= 15 is 0 Å². The molecule has 2 nitrogen and oxygen atoms in total. The van der Waals surface area contributed by atoms with Crippen LogP contribution in [0.4, 0.5) is 0 Å². The van der Waals surface area contributed by atoms with E-state index in [2.05, 4.69) is 19.9 Å². The maximum atomic E-state index is 10.7. The second-order valence-corrected chi connectivity index (χ2v) is 5.95. The van der Waals surface area contributed by atoms with Gasteiger partial charge in [-0.15, -0.1) is 0 Å². The van der Waals surface area contributed by atoms with Crippen LogP contribution in [0.25, 0.3) is 0 Å². The number of allylic oxidation sites excluding steroid dienone is 3. The monoisotopic (exact) mass is 264 g/mol. The Hall–Kier alpha value is -0.890. The summed E-state index contributed by atoms with van der Waals surface area (Å²) in [6, 6.07) is 0. The highest BCUT2D eigenvalue weighted by Crippen LogP contribution is 2.29. The number of hydrogen-bond donors (Lipinski definition) is 1. The average Bonchev–Trinajstić information content (AvgIpc) is 2.39. The topological polar surface area (TPSA) is 37.3 Å². The standard InChI is InChI=1S/C17H28O2/c1-14(2)7-6-8-15(11-12-18)13-17(19)16-9-4-3-5-10-16/h7,11-12,16-17,19H,3-6,8-10,13H2,1-2H3/b15-11+. The average molecular weight is 264 g/mol. The van der Waals surface area contributed by atoms with E-state index in [1.54, 1.807) is 6.08 Å². The predicted molar refractivity (Wildman–Crippen MR) is 80.0 cm³/mol. The molecule has 1 rings (SSSR count). The molecule has 1 saturated carbocycles. The maximum absolute atomic E-state index is 10.7. The normalized spacial score (nSPS) is 19.0. The molecule has 0 aromatic heterocycles. The van der Waals surface area contributed by atoms with Crippen molar-refractivity contribution in [2.24, 2.45) is 5.92 Å². The minimum absolute atomic E-state index is 0.266. The second kappa shape index (κ2) is 9.08. The van der Waals surface area contributed by atoms with Gasteiger partial charge in [0, 0.05) is 0 Å². The summed E-state index contributed by atoms with van der Waals surface area (Å²) >= 11 is 0. The van der Waals surface area contributed by atoms with Crippen LogP contribution in [0.3, 0.4) is 0 Å². The van der Waals surface area contributed by atoms with Crippen molar-refractivity contribution in [3.8, 4) is 0 Å². The van der Waals surface area contributed by atoms with Crippen LogP contribution < -0.4 is 0 Å². The summed E-state index contributed by atoms with van der Waals surface area (Å²) < 4.78 is 0. The molecular formula is C17H28O2. The number of aliphatic hydroxyl groups is 1. The molecule has 0 spiro atoms. The third-order valence-electron chi connectivity index (χ3n) is 3.99. The van der Waals surface area contributed by atoms with Gasteiger partial charge in [0.1, 0.15) is 6.29 Å². The van der Waals surface area contributed by atoms with Crippen LogP contribution in [0.1, 0.15) is 65.2 Å². The molecule has 1 aliphatic carbocycles. The van der Waals surface area contributed by atoms with Crippen LogP contribution in [0.5, 0.6) is 0 Å². The number of aliphatic hydroxyl groups excluding tert-OH is 1. The van der Waals surface area contributed by atoms with Crippen molar-refractivity contribution in [1.29, 1.82) is 0 Å². The van der Waals surface area contributed by atoms with E-state index in [0.717, 1.165) is 37.5 Å². The van der Waals surface area contributed by atoms with Crippen LogP contribution in [0.15, 0.2) is 23.3 Å². The van der Waals surface area contributed by atoms with Crippen LogP contribution in [-0.4, -0.2) is 17.5 Å². The van der Waals surface area contributed by atoms with Gasteiger partial charge in [-0.2, -0.15) is 0 Å². The molecule has 1 atom stereocenters. The van der Waals surface area contributed by atoms with Crippen molar-refractivity contribution in [1.82, 2.24) is 0 Å². The largest absolute Gasteiger partial charge is 0.393 e. The molecule has 1 fully saturated rings. The first-order valence-corrected chi connectivity index (χ1v) is 7.58. The lowest BCUT2D eigenvalue weighted by Gasteiger charge is -2.27. The molecule has 0 saturated heterocycles. The predicted octanol–water partition coefficient (Wildman–Crippen LogP) is 4.19. The highest BCUT2D eigenvalue weighted by Gasteiger charge is 2.22. The van der Waals surface area contributed by atoms with Crippen LogP contribution in [0, 0.1) is 5.92 Å². The van der Waals surface area contributed by atoms with Crippen molar-refractivity contribution in [3.63, 3.8) is 0 Å². The molecule has 0 radical (unpaired) electrons. The summed E-state index contributed by atoms with van der Waals surface area (Å²) in [6.07, 6.45) is 13.0. The minimum Gasteiger partial charge on any atom is -0.393 e. The Morgan fingerprint density at radius 1 is 1.26 bits per heavy atom. The fourth-order valence-corrected chi connectivity index (χ4v) is 2.85. The molecule has 2 heteroatoms. The molecule has 1 aliphatic rings. The molecule has 0 amide bonds. The SMILES string of the molecule is CC(C)=CCC/C(=C\C=O)CC(O)C1CCCCC1. The van der Waals surface area contributed by atoms with Gasteiger partial charge in [0.25, 0.3) is 0 Å². The van der Waals surface area contributed by atoms with E-state index in [1.165, 1.54) is 24.8 Å². The van der Waals surface area contributed by atoms with E-state index in [4.69, 9.17) is 0 Å². The Morgan fingerprint density at radius 3 is 2.53 bits per heavy atom. The lowest BCUT2D eigenvalue weighted by Crippen LogP contribution is -2.23. The van der Waals surface area contributed by atoms with Gasteiger partial charge in [-0.3, -0.25) is 4.79 Å². The third-order valence-corrected chi connectivity index (χ3v) is 3.99. The zero-order valence-electron chi connectivity index (χ0n) is 12.4. The Morgan fingerprint density at radius 2 is 1.95 bits per heavy atom. The summed E-state index contributed by atoms with van der Waals surface area (Å²) in [5, 5.41) is 10.3. The van der Waals surface area contributed by atoms with Crippen molar-refractivity contribution in [3.05, 3.63) is 23.3 Å². The van der Waals surface area contributed by atoms with E-state index in [0.29, 0.717) is 12.3 Å². The minimum atomic E-state index is -0.266. The first kappa shape index (κ1) is 16.2. The zero-order chi connectivity index (χ0) is 14.1. The van der Waals surface area contributed by atoms with Gasteiger partial charge >= 0.3 is 0 Å². The number of aldehydes is 1. The van der Waals surface area contributed by atoms with Crippen molar-refractivity contribution in [2.45, 2.75) is 71.3 Å². The lowest BCUT2D eigenvalue weighted by atomic mass is 9.82. The van der Waals surface area contributed by atoms with Gasteiger partial charge in [0.05, 0.1) is 6.10 Å². The molecule has 0 aliphatic heterocycles. The summed E-state index contributed by atoms with van der Waals surface area (Å²) in [7, 11) is 0. The Labute approximate surface area is 117 Å². The number of carbonyl (C=O) groups excluding carboxylic acids is 1. The van der Waals surface area contributed by atoms with E-state index in [-0.39, 0.29) is 6.10 Å². The van der Waals surface area contributed by atoms with Gasteiger partial charge < -0.3 is 5.11 Å². The zero-order valence-corrected chi connectivity index (χ0v) is 12.4. The molecule has 0 bridgehead atoms. The van der Waals surface area contributed by atoms with Crippen LogP contribution in [-0.2, 0) is 4.79 Å². The van der Waals surface area contributed by atoms with E-state index in [9.17, 15) is 9.90 Å². The van der Waals surface area contributed by atoms with Gasteiger partial charge in [0.15, 0.2) is 0 Å². The highest BCUT2D eigenvalue weighted by molar-refractivity contribution is 5.66. The second-order valence-electron chi connectivity index (χ2n) is 5.95. The number of carbonyl (C=O) groups is 1. The Kier molecular flexibility index (Phi) is 7.73. The molecule has 0 aromatic carbocycles. The maximum Gasteiger partial charge on any atom is 0.142 e. The quantitative estimate of drug-likeness (QED) is 0.425. The molecular weight excluding hydrogens is 236 g/mol. The molecule has 108 valence electrons. The van der Waals surface area contributed by atoms with Crippen molar-refractivity contribution >= 4 is 6.29 Å². The highest BCUT2D eigenvalue weighted by atomic mass is 16.3. The fraction of sp³-hybridized carbons (Fsp3) is 0.706. The van der Waals surface area contributed by atoms with Gasteiger partial charge in [-0.25, -0.2) is 0 Å². The smallest absolute Gasteiger partial charge is 0.142 e. The first-order valence-electron chi connectivity index (χ1n) is 7.58. The van der Waals surface area contributed by atoms with Crippen molar-refractivity contribution < 1.29 is 9.90 Å². The lowest BCUT2D eigenvalue weighted by molar-refractivity contribution is -0.104. The fourth-order valence-electron chi connectivity index (χ4n) is 2.85. The number of rotatable bonds is 7. The summed E-state index contributed by atoms with van der Waals surface area (Å²) in [6.45, 7) is 4.17. The molecule has 0 aromatic rings. The van der Waals surface area contributed by atoms with Crippen molar-refractivity contribution in [2.75, 3.05) is 0 Å². The third kappa shape index (κ3) is 6.72. The summed E-state index contributed by atoms with van der Waals surface area (Å²) in [5.74, 6) is 0.437. The summed E-state index contributed by atoms with van der Waals surface area (Å²) in [5.41, 5.74) is 2.39. The molecule has 0 heterocycles. The number of hydrogen-bond acceptors (Lipinski definition) is 2. The van der Waals surface area contributed by atoms with Gasteiger partial charge in [-0.1, -0.05) is 36.5 Å². The summed E-state index contributed by atoms with van der Waals surface area (Å²) in [4.78, 5) is 10.7. The molecule has 1 unspecified atom stereocenters. The Bertz CT molecular complexity index is 318. The van der Waals surface area contributed by atoms with Gasteiger partial charge in [-0.05, 0) is 57.9 Å². The Balaban J connectivity index is 2.45. The van der Waals surface area contributed by atoms with Gasteiger partial charge in [0.2, 0.25) is 0 Å². The molecule has 1 N–H and O–H groups in total. The van der Waals surface area contributed by atoms with Crippen LogP contribution in [0.2, 0.25) is 0 Å². The first-order chi connectivity index (χ1) is 9.13.